The Hall–Kier alpha value is -1.89. The van der Waals surface area contributed by atoms with Gasteiger partial charge in [0.15, 0.2) is 0 Å². The quantitative estimate of drug-likeness (QED) is 0.0708. The summed E-state index contributed by atoms with van der Waals surface area (Å²) in [5.41, 5.74) is 0. The molecule has 0 heterocycles. The maximum absolute atomic E-state index is 11.0. The lowest BCUT2D eigenvalue weighted by Gasteiger charge is -2.35. The number of rotatable bonds is 28. The Kier molecular flexibility index (Phi) is 23.2. The van der Waals surface area contributed by atoms with Crippen LogP contribution in [0.1, 0.15) is 142 Å². The molecule has 0 aromatic carbocycles. The number of carboxylic acid groups (broad SMARTS) is 3. The first-order valence-electron chi connectivity index (χ1n) is 15.0. The van der Waals surface area contributed by atoms with Crippen LogP contribution < -0.4 is 0 Å². The van der Waals surface area contributed by atoms with Gasteiger partial charge in [0, 0.05) is 19.3 Å². The summed E-state index contributed by atoms with van der Waals surface area (Å²) in [5, 5.41) is 27.0. The first kappa shape index (κ1) is 35.1. The fourth-order valence-corrected chi connectivity index (χ4v) is 4.89. The minimum absolute atomic E-state index is 0.153. The number of nitrogens with zero attached hydrogens (tertiary/aromatic N) is 1. The van der Waals surface area contributed by atoms with E-state index in [9.17, 15) is 14.4 Å². The molecule has 37 heavy (non-hydrogen) atoms. The van der Waals surface area contributed by atoms with Crippen LogP contribution in [0.2, 0.25) is 0 Å². The van der Waals surface area contributed by atoms with Crippen LogP contribution in [0, 0.1) is 0 Å². The topological polar surface area (TPSA) is 112 Å². The van der Waals surface area contributed by atoms with Crippen LogP contribution in [-0.2, 0) is 14.4 Å². The summed E-state index contributed by atoms with van der Waals surface area (Å²) < 4.78 is 0.691. The molecular weight excluding hydrogens is 470 g/mol. The molecule has 0 unspecified atom stereocenters. The van der Waals surface area contributed by atoms with Crippen LogP contribution in [0.25, 0.3) is 0 Å². The van der Waals surface area contributed by atoms with Crippen LogP contribution in [0.3, 0.4) is 0 Å². The number of hydrogen-bond acceptors (Lipinski definition) is 3. The highest BCUT2D eigenvalue weighted by Crippen LogP contribution is 2.19. The second-order valence-corrected chi connectivity index (χ2v) is 10.7. The Morgan fingerprint density at radius 2 is 0.865 bits per heavy atom. The second-order valence-electron chi connectivity index (χ2n) is 10.7. The van der Waals surface area contributed by atoms with Crippen molar-refractivity contribution < 1.29 is 34.2 Å². The zero-order valence-electron chi connectivity index (χ0n) is 23.6. The van der Waals surface area contributed by atoms with Gasteiger partial charge in [0.2, 0.25) is 0 Å². The molecule has 0 aliphatic rings. The van der Waals surface area contributed by atoms with E-state index in [0.29, 0.717) is 23.7 Å². The monoisotopic (exact) mass is 526 g/mol. The predicted octanol–water partition coefficient (Wildman–Crippen LogP) is 7.78. The van der Waals surface area contributed by atoms with Gasteiger partial charge >= 0.3 is 17.9 Å². The number of carbonyl (C=O) groups is 3. The molecular formula is C30H56NO6+. The third-order valence-electron chi connectivity index (χ3n) is 7.13. The fraction of sp³-hybridized carbons (Fsp3) is 0.833. The van der Waals surface area contributed by atoms with Gasteiger partial charge in [-0.15, -0.1) is 0 Å². The third-order valence-corrected chi connectivity index (χ3v) is 7.13. The molecule has 0 rings (SSSR count). The predicted molar refractivity (Wildman–Crippen MR) is 150 cm³/mol. The third kappa shape index (κ3) is 24.2. The molecule has 0 saturated carbocycles. The Balaban J connectivity index is 4.70. The average Bonchev–Trinajstić information content (AvgIpc) is 2.84. The van der Waals surface area contributed by atoms with Crippen molar-refractivity contribution in [2.75, 3.05) is 19.6 Å². The summed E-state index contributed by atoms with van der Waals surface area (Å²) in [6, 6.07) is 0. The van der Waals surface area contributed by atoms with Crippen LogP contribution in [0.4, 0.5) is 0 Å². The Labute approximate surface area is 225 Å². The van der Waals surface area contributed by atoms with Gasteiger partial charge in [0.25, 0.3) is 0 Å². The molecule has 0 saturated heterocycles. The molecule has 3 N–H and O–H groups in total. The van der Waals surface area contributed by atoms with Crippen molar-refractivity contribution in [3.8, 4) is 0 Å². The summed E-state index contributed by atoms with van der Waals surface area (Å²) >= 11 is 0. The summed E-state index contributed by atoms with van der Waals surface area (Å²) in [4.78, 5) is 32.9. The van der Waals surface area contributed by atoms with Crippen molar-refractivity contribution in [3.05, 3.63) is 12.3 Å². The smallest absolute Gasteiger partial charge is 0.303 e. The number of allylic oxidation sites excluding steroid dienone is 1. The van der Waals surface area contributed by atoms with Gasteiger partial charge in [-0.3, -0.25) is 18.9 Å². The lowest BCUT2D eigenvalue weighted by molar-refractivity contribution is -0.880. The summed E-state index contributed by atoms with van der Waals surface area (Å²) in [6.45, 7) is 4.67. The van der Waals surface area contributed by atoms with E-state index in [-0.39, 0.29) is 19.3 Å². The van der Waals surface area contributed by atoms with Crippen molar-refractivity contribution in [2.45, 2.75) is 142 Å². The minimum Gasteiger partial charge on any atom is -0.481 e. The summed E-state index contributed by atoms with van der Waals surface area (Å²) in [6.07, 6.45) is 24.6. The van der Waals surface area contributed by atoms with E-state index in [4.69, 9.17) is 15.3 Å². The molecule has 0 atom stereocenters. The summed E-state index contributed by atoms with van der Waals surface area (Å²) in [5.74, 6) is -2.35. The Morgan fingerprint density at radius 3 is 1.22 bits per heavy atom. The average molecular weight is 527 g/mol. The maximum atomic E-state index is 11.0. The molecule has 0 bridgehead atoms. The van der Waals surface area contributed by atoms with E-state index in [1.54, 1.807) is 0 Å². The molecule has 0 radical (unpaired) electrons. The van der Waals surface area contributed by atoms with Crippen molar-refractivity contribution in [2.24, 2.45) is 0 Å². The highest BCUT2D eigenvalue weighted by Gasteiger charge is 2.24. The van der Waals surface area contributed by atoms with E-state index in [2.05, 4.69) is 19.2 Å². The molecule has 0 aromatic rings. The highest BCUT2D eigenvalue weighted by molar-refractivity contribution is 5.67. The van der Waals surface area contributed by atoms with Gasteiger partial charge in [-0.25, -0.2) is 0 Å². The van der Waals surface area contributed by atoms with E-state index in [1.807, 2.05) is 0 Å². The molecule has 0 spiro atoms. The van der Waals surface area contributed by atoms with Gasteiger partial charge in [-0.1, -0.05) is 71.1 Å². The molecule has 7 heteroatoms. The molecule has 7 nitrogen and oxygen atoms in total. The first-order valence-corrected chi connectivity index (χ1v) is 15.0. The van der Waals surface area contributed by atoms with Crippen LogP contribution in [-0.4, -0.2) is 57.3 Å². The molecule has 216 valence electrons. The van der Waals surface area contributed by atoms with Crippen LogP contribution in [0.15, 0.2) is 12.3 Å². The minimum atomic E-state index is -0.784. The number of quaternary nitrogens is 1. The number of carboxylic acids is 3. The molecule has 0 aliphatic heterocycles. The zero-order valence-corrected chi connectivity index (χ0v) is 23.6. The van der Waals surface area contributed by atoms with Gasteiger partial charge < -0.3 is 15.3 Å². The standard InChI is InChI=1S/C30H55NO6/c1-2-3-4-5-6-7-8-9-10-11-12-13-17-24-31(25-18-14-21-28(32)33,26-19-15-22-29(34)35)27-20-16-23-30(36)37/h17,24H,2-16,18-23,25-27H2,1H3,(H2-,32,33,34,35,36,37)/p+1/b24-17+. The molecule has 0 aromatic heterocycles. The van der Waals surface area contributed by atoms with E-state index in [0.717, 1.165) is 51.7 Å². The van der Waals surface area contributed by atoms with E-state index < -0.39 is 17.9 Å². The fourth-order valence-electron chi connectivity index (χ4n) is 4.89. The van der Waals surface area contributed by atoms with Gasteiger partial charge in [0.1, 0.15) is 0 Å². The van der Waals surface area contributed by atoms with Gasteiger partial charge in [0.05, 0.1) is 25.8 Å². The van der Waals surface area contributed by atoms with Crippen molar-refractivity contribution in [3.63, 3.8) is 0 Å². The van der Waals surface area contributed by atoms with Crippen molar-refractivity contribution in [1.29, 1.82) is 0 Å². The Morgan fingerprint density at radius 1 is 0.514 bits per heavy atom. The zero-order chi connectivity index (χ0) is 27.6. The lowest BCUT2D eigenvalue weighted by Crippen LogP contribution is -2.45. The van der Waals surface area contributed by atoms with Gasteiger partial charge in [-0.2, -0.15) is 0 Å². The van der Waals surface area contributed by atoms with Crippen LogP contribution in [0.5, 0.6) is 0 Å². The van der Waals surface area contributed by atoms with E-state index in [1.165, 1.54) is 64.2 Å². The van der Waals surface area contributed by atoms with E-state index >= 15 is 0 Å². The Bertz CT molecular complexity index is 564. The number of hydrogen-bond donors (Lipinski definition) is 3. The molecule has 0 aliphatic carbocycles. The largest absolute Gasteiger partial charge is 0.481 e. The second kappa shape index (κ2) is 24.4. The number of aliphatic carboxylic acids is 3. The van der Waals surface area contributed by atoms with Crippen molar-refractivity contribution >= 4 is 17.9 Å². The number of unbranched alkanes of at least 4 members (excludes halogenated alkanes) is 14. The normalized spacial score (nSPS) is 11.8. The van der Waals surface area contributed by atoms with Crippen molar-refractivity contribution in [1.82, 2.24) is 0 Å². The molecule has 0 amide bonds. The molecule has 0 fully saturated rings. The highest BCUT2D eigenvalue weighted by atomic mass is 16.4. The van der Waals surface area contributed by atoms with Crippen LogP contribution >= 0.6 is 0 Å². The lowest BCUT2D eigenvalue weighted by atomic mass is 10.1. The SMILES string of the molecule is CCCCCCCCCCCCC/C=C/[N+](CCCCC(=O)O)(CCCCC(=O)O)CCCCC(=O)O. The summed E-state index contributed by atoms with van der Waals surface area (Å²) in [7, 11) is 0. The maximum Gasteiger partial charge on any atom is 0.303 e. The van der Waals surface area contributed by atoms with Gasteiger partial charge in [-0.05, 0) is 57.4 Å². The first-order chi connectivity index (χ1) is 17.8.